The molecule has 1 N–H and O–H groups in total. The Labute approximate surface area is 209 Å². The van der Waals surface area contributed by atoms with Crippen LogP contribution in [0.5, 0.6) is 0 Å². The fourth-order valence-electron chi connectivity index (χ4n) is 4.33. The molecule has 1 unspecified atom stereocenters. The van der Waals surface area contributed by atoms with Crippen molar-refractivity contribution in [2.45, 2.75) is 32.7 Å². The van der Waals surface area contributed by atoms with Gasteiger partial charge in [-0.3, -0.25) is 9.59 Å². The molecule has 1 aliphatic rings. The monoisotopic (exact) mass is 486 g/mol. The number of rotatable bonds is 7. The van der Waals surface area contributed by atoms with Crippen LogP contribution in [0, 0.1) is 5.82 Å². The molecule has 0 aliphatic carbocycles. The van der Waals surface area contributed by atoms with Gasteiger partial charge in [0.25, 0.3) is 5.91 Å². The van der Waals surface area contributed by atoms with Crippen LogP contribution in [0.4, 0.5) is 10.1 Å². The number of halogens is 1. The number of allylic oxidation sites excluding steroid dienone is 1. The topological polar surface area (TPSA) is 75.7 Å². The molecular formula is C29H27FN2O4. The highest BCUT2D eigenvalue weighted by atomic mass is 19.1. The van der Waals surface area contributed by atoms with Crippen molar-refractivity contribution < 1.29 is 23.5 Å². The van der Waals surface area contributed by atoms with Crippen molar-refractivity contribution in [3.05, 3.63) is 113 Å². The van der Waals surface area contributed by atoms with E-state index in [1.807, 2.05) is 30.3 Å². The summed E-state index contributed by atoms with van der Waals surface area (Å²) in [6.45, 7) is 4.02. The molecule has 7 heteroatoms. The molecule has 0 aromatic heterocycles. The first-order valence-corrected chi connectivity index (χ1v) is 11.8. The van der Waals surface area contributed by atoms with E-state index in [0.29, 0.717) is 22.5 Å². The smallest absolute Gasteiger partial charge is 0.336 e. The minimum atomic E-state index is -0.422. The van der Waals surface area contributed by atoms with Crippen LogP contribution in [-0.2, 0) is 20.9 Å². The molecule has 0 saturated heterocycles. The van der Waals surface area contributed by atoms with E-state index in [0.717, 1.165) is 11.1 Å². The van der Waals surface area contributed by atoms with Crippen molar-refractivity contribution >= 4 is 23.5 Å². The third-order valence-corrected chi connectivity index (χ3v) is 6.18. The summed E-state index contributed by atoms with van der Waals surface area (Å²) in [5.41, 5.74) is 3.67. The first kappa shape index (κ1) is 24.9. The Morgan fingerprint density at radius 3 is 2.31 bits per heavy atom. The Balaban J connectivity index is 1.54. The number of anilines is 1. The molecule has 6 nitrogen and oxygen atoms in total. The maximum atomic E-state index is 13.2. The van der Waals surface area contributed by atoms with Crippen molar-refractivity contribution in [2.24, 2.45) is 0 Å². The number of carbonyl (C=O) groups excluding carboxylic acids is 3. The minimum Gasteiger partial charge on any atom is -0.463 e. The lowest BCUT2D eigenvalue weighted by atomic mass is 9.83. The number of hydrogen-bond donors (Lipinski definition) is 1. The van der Waals surface area contributed by atoms with Crippen molar-refractivity contribution in [1.29, 1.82) is 0 Å². The zero-order valence-corrected chi connectivity index (χ0v) is 20.2. The van der Waals surface area contributed by atoms with Crippen molar-refractivity contribution in [2.75, 3.05) is 11.9 Å². The van der Waals surface area contributed by atoms with Gasteiger partial charge in [-0.1, -0.05) is 42.5 Å². The average molecular weight is 487 g/mol. The third kappa shape index (κ3) is 5.51. The quantitative estimate of drug-likeness (QED) is 0.452. The van der Waals surface area contributed by atoms with Gasteiger partial charge in [-0.2, -0.15) is 0 Å². The number of esters is 1. The second kappa shape index (κ2) is 11.0. The predicted molar refractivity (Wildman–Crippen MR) is 134 cm³/mol. The van der Waals surface area contributed by atoms with E-state index >= 15 is 0 Å². The largest absolute Gasteiger partial charge is 0.463 e. The Morgan fingerprint density at radius 2 is 1.67 bits per heavy atom. The summed E-state index contributed by atoms with van der Waals surface area (Å²) < 4.78 is 18.4. The maximum Gasteiger partial charge on any atom is 0.336 e. The summed E-state index contributed by atoms with van der Waals surface area (Å²) in [4.78, 5) is 40.2. The van der Waals surface area contributed by atoms with E-state index in [-0.39, 0.29) is 43.1 Å². The number of carbonyl (C=O) groups is 3. The van der Waals surface area contributed by atoms with E-state index in [1.165, 1.54) is 24.3 Å². The molecule has 3 aromatic rings. The average Bonchev–Trinajstić information content (AvgIpc) is 2.88. The Morgan fingerprint density at radius 1 is 1.00 bits per heavy atom. The number of nitrogens with one attached hydrogen (secondary N) is 1. The number of ether oxygens (including phenoxy) is 1. The normalized spacial score (nSPS) is 15.6. The summed E-state index contributed by atoms with van der Waals surface area (Å²) >= 11 is 0. The molecule has 0 radical (unpaired) electrons. The first-order valence-electron chi connectivity index (χ1n) is 11.8. The highest BCUT2D eigenvalue weighted by Gasteiger charge is 2.36. The van der Waals surface area contributed by atoms with Crippen LogP contribution in [0.2, 0.25) is 0 Å². The van der Waals surface area contributed by atoms with Crippen LogP contribution < -0.4 is 5.32 Å². The standard InChI is InChI=1S/C29H27FN2O4/c1-3-36-29(35)27-19(2)32(26(33)17-25(27)21-7-5-4-6-8-21)18-20-9-11-22(12-10-20)28(34)31-24-15-13-23(30)14-16-24/h4-16,25H,3,17-18H2,1-2H3,(H,31,34). The molecule has 0 spiro atoms. The third-order valence-electron chi connectivity index (χ3n) is 6.18. The summed E-state index contributed by atoms with van der Waals surface area (Å²) in [5.74, 6) is -1.59. The molecule has 184 valence electrons. The molecule has 0 fully saturated rings. The molecule has 0 saturated carbocycles. The highest BCUT2D eigenvalue weighted by Crippen LogP contribution is 2.37. The van der Waals surface area contributed by atoms with E-state index in [1.54, 1.807) is 43.0 Å². The van der Waals surface area contributed by atoms with Gasteiger partial charge in [0.15, 0.2) is 0 Å². The van der Waals surface area contributed by atoms with Gasteiger partial charge in [0, 0.05) is 29.3 Å². The summed E-state index contributed by atoms with van der Waals surface area (Å²) in [6.07, 6.45) is 0.160. The van der Waals surface area contributed by atoms with E-state index in [4.69, 9.17) is 4.74 Å². The second-order valence-electron chi connectivity index (χ2n) is 8.52. The number of hydrogen-bond acceptors (Lipinski definition) is 4. The first-order chi connectivity index (χ1) is 17.4. The van der Waals surface area contributed by atoms with Crippen LogP contribution in [0.1, 0.15) is 47.7 Å². The summed E-state index contributed by atoms with van der Waals surface area (Å²) in [6, 6.07) is 21.9. The van der Waals surface area contributed by atoms with E-state index < -0.39 is 5.97 Å². The Hall–Kier alpha value is -4.26. The summed E-state index contributed by atoms with van der Waals surface area (Å²) in [7, 11) is 0. The van der Waals surface area contributed by atoms with Gasteiger partial charge in [0.1, 0.15) is 5.82 Å². The van der Waals surface area contributed by atoms with E-state index in [9.17, 15) is 18.8 Å². The lowest BCUT2D eigenvalue weighted by Crippen LogP contribution is -2.38. The van der Waals surface area contributed by atoms with E-state index in [2.05, 4.69) is 5.32 Å². The fraction of sp³-hybridized carbons (Fsp3) is 0.207. The minimum absolute atomic E-state index is 0.0902. The van der Waals surface area contributed by atoms with Crippen LogP contribution >= 0.6 is 0 Å². The van der Waals surface area contributed by atoms with Crippen molar-refractivity contribution in [1.82, 2.24) is 4.90 Å². The number of nitrogens with zero attached hydrogens (tertiary/aromatic N) is 1. The van der Waals surface area contributed by atoms with Crippen molar-refractivity contribution in [3.8, 4) is 0 Å². The van der Waals surface area contributed by atoms with Gasteiger partial charge in [-0.15, -0.1) is 0 Å². The van der Waals surface area contributed by atoms with Gasteiger partial charge in [0.05, 0.1) is 18.7 Å². The fourth-order valence-corrected chi connectivity index (χ4v) is 4.33. The zero-order chi connectivity index (χ0) is 25.7. The molecule has 4 rings (SSSR count). The molecule has 36 heavy (non-hydrogen) atoms. The van der Waals surface area contributed by atoms with Gasteiger partial charge in [-0.05, 0) is 61.4 Å². The van der Waals surface area contributed by atoms with Gasteiger partial charge < -0.3 is 15.0 Å². The van der Waals surface area contributed by atoms with Crippen LogP contribution in [-0.4, -0.2) is 29.3 Å². The van der Waals surface area contributed by atoms with Gasteiger partial charge in [0.2, 0.25) is 5.91 Å². The maximum absolute atomic E-state index is 13.2. The second-order valence-corrected chi connectivity index (χ2v) is 8.52. The molecule has 1 atom stereocenters. The van der Waals surface area contributed by atoms with Gasteiger partial charge in [-0.25, -0.2) is 9.18 Å². The molecule has 1 heterocycles. The molecule has 0 bridgehead atoms. The lowest BCUT2D eigenvalue weighted by Gasteiger charge is -2.34. The van der Waals surface area contributed by atoms with Crippen LogP contribution in [0.3, 0.4) is 0 Å². The number of amides is 2. The predicted octanol–water partition coefficient (Wildman–Crippen LogP) is 5.43. The Kier molecular flexibility index (Phi) is 7.59. The molecular weight excluding hydrogens is 459 g/mol. The zero-order valence-electron chi connectivity index (χ0n) is 20.2. The molecule has 3 aromatic carbocycles. The Bertz CT molecular complexity index is 1290. The van der Waals surface area contributed by atoms with Crippen molar-refractivity contribution in [3.63, 3.8) is 0 Å². The highest BCUT2D eigenvalue weighted by molar-refractivity contribution is 6.04. The number of benzene rings is 3. The van der Waals surface area contributed by atoms with Crippen LogP contribution in [0.15, 0.2) is 90.1 Å². The summed E-state index contributed by atoms with van der Waals surface area (Å²) in [5, 5.41) is 2.72. The molecule has 2 amide bonds. The molecule has 1 aliphatic heterocycles. The van der Waals surface area contributed by atoms with Crippen LogP contribution in [0.25, 0.3) is 0 Å². The lowest BCUT2D eigenvalue weighted by molar-refractivity contribution is -0.140. The van der Waals surface area contributed by atoms with Gasteiger partial charge >= 0.3 is 5.97 Å². The SMILES string of the molecule is CCOC(=O)C1=C(C)N(Cc2ccc(C(=O)Nc3ccc(F)cc3)cc2)C(=O)CC1c1ccccc1.